The molecule has 0 aromatic carbocycles. The highest BCUT2D eigenvalue weighted by Crippen LogP contribution is 2.17. The van der Waals surface area contributed by atoms with Crippen molar-refractivity contribution in [1.29, 1.82) is 0 Å². The summed E-state index contributed by atoms with van der Waals surface area (Å²) in [6.45, 7) is 3.43. The molecular weight excluding hydrogens is 200 g/mol. The first-order valence-electron chi connectivity index (χ1n) is 4.50. The third-order valence-corrected chi connectivity index (χ3v) is 3.18. The number of nitrogens with zero attached hydrogens (tertiary/aromatic N) is 3. The Morgan fingerprint density at radius 2 is 2.50 bits per heavy atom. The summed E-state index contributed by atoms with van der Waals surface area (Å²) < 4.78 is 3.67. The van der Waals surface area contributed by atoms with Crippen LogP contribution in [0.3, 0.4) is 0 Å². The number of nitrogens with two attached hydrogens (primary N) is 1. The fourth-order valence-electron chi connectivity index (χ4n) is 1.58. The minimum Gasteiger partial charge on any atom is -0.336 e. The Balaban J connectivity index is 2.07. The van der Waals surface area contributed by atoms with Crippen LogP contribution < -0.4 is 5.73 Å². The second kappa shape index (κ2) is 3.62. The zero-order valence-electron chi connectivity index (χ0n) is 7.88. The molecule has 5 nitrogen and oxygen atoms in total. The molecule has 2 rings (SSSR count). The summed E-state index contributed by atoms with van der Waals surface area (Å²) in [5, 5.41) is 3.64. The molecule has 2 atom stereocenters. The molecule has 0 saturated carbocycles. The number of likely N-dealkylation sites (tertiary alicyclic amines) is 1. The summed E-state index contributed by atoms with van der Waals surface area (Å²) in [7, 11) is 0. The largest absolute Gasteiger partial charge is 0.336 e. The predicted octanol–water partition coefficient (Wildman–Crippen LogP) is -0.0427. The van der Waals surface area contributed by atoms with E-state index in [0.29, 0.717) is 17.3 Å². The number of hydrogen-bond acceptors (Lipinski definition) is 5. The molecule has 2 heterocycles. The summed E-state index contributed by atoms with van der Waals surface area (Å²) in [6.07, 6.45) is 1.50. The first-order chi connectivity index (χ1) is 6.68. The second-order valence-electron chi connectivity index (χ2n) is 3.63. The highest BCUT2D eigenvalue weighted by molar-refractivity contribution is 7.07. The van der Waals surface area contributed by atoms with Crippen molar-refractivity contribution in [1.82, 2.24) is 14.5 Å². The van der Waals surface area contributed by atoms with Gasteiger partial charge in [-0.3, -0.25) is 4.79 Å². The maximum atomic E-state index is 11.8. The van der Waals surface area contributed by atoms with Crippen molar-refractivity contribution in [2.75, 3.05) is 13.1 Å². The van der Waals surface area contributed by atoms with Crippen LogP contribution in [0.5, 0.6) is 0 Å². The summed E-state index contributed by atoms with van der Waals surface area (Å²) in [4.78, 5) is 14.2. The Hall–Kier alpha value is -1.01. The number of carbonyl (C=O) groups is 1. The van der Waals surface area contributed by atoms with E-state index in [-0.39, 0.29) is 11.9 Å². The van der Waals surface area contributed by atoms with Crippen LogP contribution in [0.2, 0.25) is 0 Å². The Labute approximate surface area is 86.1 Å². The van der Waals surface area contributed by atoms with Gasteiger partial charge >= 0.3 is 0 Å². The van der Waals surface area contributed by atoms with Crippen molar-refractivity contribution in [3.8, 4) is 0 Å². The van der Waals surface area contributed by atoms with Crippen LogP contribution in [0.15, 0.2) is 6.20 Å². The zero-order chi connectivity index (χ0) is 10.1. The van der Waals surface area contributed by atoms with Crippen molar-refractivity contribution in [3.63, 3.8) is 0 Å². The molecule has 14 heavy (non-hydrogen) atoms. The SMILES string of the molecule is CC1CN(C(=O)c2cnns2)CC1N. The van der Waals surface area contributed by atoms with Crippen molar-refractivity contribution in [2.45, 2.75) is 13.0 Å². The van der Waals surface area contributed by atoms with Crippen LogP contribution in [-0.2, 0) is 0 Å². The lowest BCUT2D eigenvalue weighted by atomic mass is 10.1. The minimum absolute atomic E-state index is 0.000185. The third kappa shape index (κ3) is 1.62. The van der Waals surface area contributed by atoms with Gasteiger partial charge in [0, 0.05) is 19.1 Å². The van der Waals surface area contributed by atoms with Gasteiger partial charge in [-0.05, 0) is 17.5 Å². The van der Waals surface area contributed by atoms with E-state index in [1.54, 1.807) is 4.90 Å². The van der Waals surface area contributed by atoms with Crippen molar-refractivity contribution in [3.05, 3.63) is 11.1 Å². The van der Waals surface area contributed by atoms with Crippen LogP contribution in [0.4, 0.5) is 0 Å². The van der Waals surface area contributed by atoms with E-state index >= 15 is 0 Å². The minimum atomic E-state index is -0.000185. The van der Waals surface area contributed by atoms with Gasteiger partial charge in [0.15, 0.2) is 0 Å². The maximum absolute atomic E-state index is 11.8. The van der Waals surface area contributed by atoms with E-state index in [2.05, 4.69) is 16.5 Å². The highest BCUT2D eigenvalue weighted by atomic mass is 32.1. The van der Waals surface area contributed by atoms with Crippen LogP contribution in [0.1, 0.15) is 16.6 Å². The van der Waals surface area contributed by atoms with Crippen molar-refractivity contribution < 1.29 is 4.79 Å². The number of amides is 1. The Morgan fingerprint density at radius 3 is 3.00 bits per heavy atom. The van der Waals surface area contributed by atoms with E-state index in [1.807, 2.05) is 0 Å². The molecule has 0 bridgehead atoms. The summed E-state index contributed by atoms with van der Waals surface area (Å²) >= 11 is 1.13. The van der Waals surface area contributed by atoms with E-state index in [1.165, 1.54) is 6.20 Å². The molecule has 0 aliphatic carbocycles. The van der Waals surface area contributed by atoms with Gasteiger partial charge in [-0.15, -0.1) is 5.10 Å². The molecule has 6 heteroatoms. The molecule has 1 amide bonds. The monoisotopic (exact) mass is 212 g/mol. The summed E-state index contributed by atoms with van der Waals surface area (Å²) in [5.41, 5.74) is 5.84. The fraction of sp³-hybridized carbons (Fsp3) is 0.625. The summed E-state index contributed by atoms with van der Waals surface area (Å²) in [5.74, 6) is 0.375. The lowest BCUT2D eigenvalue weighted by Gasteiger charge is -2.13. The smallest absolute Gasteiger partial charge is 0.267 e. The lowest BCUT2D eigenvalue weighted by Crippen LogP contribution is -2.31. The van der Waals surface area contributed by atoms with Gasteiger partial charge in [-0.2, -0.15) is 0 Å². The molecule has 1 aromatic heterocycles. The Morgan fingerprint density at radius 1 is 1.71 bits per heavy atom. The predicted molar refractivity (Wildman–Crippen MR) is 53.0 cm³/mol. The average Bonchev–Trinajstić information content (AvgIpc) is 2.76. The van der Waals surface area contributed by atoms with Crippen LogP contribution >= 0.6 is 11.5 Å². The van der Waals surface area contributed by atoms with E-state index in [4.69, 9.17) is 5.73 Å². The van der Waals surface area contributed by atoms with Crippen LogP contribution in [0.25, 0.3) is 0 Å². The number of carbonyl (C=O) groups excluding carboxylic acids is 1. The van der Waals surface area contributed by atoms with Crippen LogP contribution in [0, 0.1) is 5.92 Å². The molecule has 1 aliphatic rings. The first kappa shape index (κ1) is 9.54. The van der Waals surface area contributed by atoms with Crippen molar-refractivity contribution in [2.24, 2.45) is 11.7 Å². The quantitative estimate of drug-likeness (QED) is 0.709. The summed E-state index contributed by atoms with van der Waals surface area (Å²) in [6, 6.07) is 0.0971. The number of rotatable bonds is 1. The molecule has 0 radical (unpaired) electrons. The maximum Gasteiger partial charge on any atom is 0.267 e. The molecule has 0 spiro atoms. The third-order valence-electron chi connectivity index (χ3n) is 2.53. The Kier molecular flexibility index (Phi) is 2.47. The second-order valence-corrected chi connectivity index (χ2v) is 4.42. The van der Waals surface area contributed by atoms with Gasteiger partial charge in [-0.1, -0.05) is 11.4 Å². The van der Waals surface area contributed by atoms with Gasteiger partial charge in [0.1, 0.15) is 4.88 Å². The zero-order valence-corrected chi connectivity index (χ0v) is 8.70. The average molecular weight is 212 g/mol. The fourth-order valence-corrected chi connectivity index (χ4v) is 2.06. The molecule has 1 aliphatic heterocycles. The molecule has 1 saturated heterocycles. The van der Waals surface area contributed by atoms with Gasteiger partial charge < -0.3 is 10.6 Å². The van der Waals surface area contributed by atoms with Crippen LogP contribution in [-0.4, -0.2) is 39.5 Å². The van der Waals surface area contributed by atoms with E-state index in [9.17, 15) is 4.79 Å². The lowest BCUT2D eigenvalue weighted by molar-refractivity contribution is 0.0791. The topological polar surface area (TPSA) is 72.1 Å². The van der Waals surface area contributed by atoms with Gasteiger partial charge in [0.05, 0.1) is 6.20 Å². The number of aromatic nitrogens is 2. The van der Waals surface area contributed by atoms with Gasteiger partial charge in [0.25, 0.3) is 5.91 Å². The standard InChI is InChI=1S/C8H12N4OS/c1-5-3-12(4-6(5)9)8(13)7-2-10-11-14-7/h2,5-6H,3-4,9H2,1H3. The molecule has 1 aromatic rings. The van der Waals surface area contributed by atoms with Crippen molar-refractivity contribution >= 4 is 17.4 Å². The molecular formula is C8H12N4OS. The molecule has 2 unspecified atom stereocenters. The van der Waals surface area contributed by atoms with E-state index < -0.39 is 0 Å². The molecule has 1 fully saturated rings. The van der Waals surface area contributed by atoms with Gasteiger partial charge in [0.2, 0.25) is 0 Å². The van der Waals surface area contributed by atoms with E-state index in [0.717, 1.165) is 18.1 Å². The molecule has 76 valence electrons. The highest BCUT2D eigenvalue weighted by Gasteiger charge is 2.30. The van der Waals surface area contributed by atoms with Gasteiger partial charge in [-0.25, -0.2) is 0 Å². The Bertz CT molecular complexity index is 316. The number of hydrogen-bond donors (Lipinski definition) is 1. The first-order valence-corrected chi connectivity index (χ1v) is 5.28. The normalized spacial score (nSPS) is 26.9. The molecule has 2 N–H and O–H groups in total.